The second kappa shape index (κ2) is 5.14. The average Bonchev–Trinajstić information content (AvgIpc) is 2.79. The maximum Gasteiger partial charge on any atom is 0.491 e. The molecule has 0 fully saturated rings. The van der Waals surface area contributed by atoms with E-state index in [4.69, 9.17) is 0 Å². The van der Waals surface area contributed by atoms with Crippen molar-refractivity contribution in [3.8, 4) is 0 Å². The molecule has 0 unspecified atom stereocenters. The molecule has 1 amide bonds. The highest BCUT2D eigenvalue weighted by Gasteiger charge is 2.44. The minimum absolute atomic E-state index is 0.282. The van der Waals surface area contributed by atoms with E-state index in [1.807, 2.05) is 0 Å². The van der Waals surface area contributed by atoms with E-state index in [-0.39, 0.29) is 5.82 Å². The molecule has 0 N–H and O–H groups in total. The molecule has 0 spiro atoms. The monoisotopic (exact) mass is 332 g/mol. The molecule has 0 aliphatic carbocycles. The van der Waals surface area contributed by atoms with Crippen LogP contribution in [0.2, 0.25) is 0 Å². The van der Waals surface area contributed by atoms with Gasteiger partial charge in [-0.25, -0.2) is 9.59 Å². The van der Waals surface area contributed by atoms with Crippen molar-refractivity contribution < 1.29 is 40.7 Å². The van der Waals surface area contributed by atoms with E-state index in [9.17, 15) is 35.9 Å². The van der Waals surface area contributed by atoms with Gasteiger partial charge in [0.2, 0.25) is 5.82 Å². The molecule has 13 heteroatoms. The third-order valence-electron chi connectivity index (χ3n) is 2.68. The first-order valence-corrected chi connectivity index (χ1v) is 5.57. The predicted octanol–water partition coefficient (Wildman–Crippen LogP) is 1.34. The summed E-state index contributed by atoms with van der Waals surface area (Å²) in [4.78, 5) is 22.5. The van der Waals surface area contributed by atoms with Crippen LogP contribution >= 0.6 is 0 Å². The summed E-state index contributed by atoms with van der Waals surface area (Å²) in [5, 5.41) is 6.15. The highest BCUT2D eigenvalue weighted by molar-refractivity contribution is 5.87. The number of alkyl halides is 6. The summed E-state index contributed by atoms with van der Waals surface area (Å²) in [6, 6.07) is 0. The van der Waals surface area contributed by atoms with Crippen LogP contribution in [0.5, 0.6) is 0 Å². The number of hydrogen-bond acceptors (Lipinski definition) is 5. The van der Waals surface area contributed by atoms with Gasteiger partial charge in [-0.1, -0.05) is 0 Å². The van der Waals surface area contributed by atoms with Crippen LogP contribution in [0, 0.1) is 0 Å². The zero-order valence-corrected chi connectivity index (χ0v) is 10.4. The second-order valence-corrected chi connectivity index (χ2v) is 4.16. The number of nitrogens with zero attached hydrogens (tertiary/aromatic N) is 4. The molecular weight excluding hydrogens is 326 g/mol. The normalized spacial score (nSPS) is 15.5. The third kappa shape index (κ3) is 3.12. The molecule has 122 valence electrons. The lowest BCUT2D eigenvalue weighted by Crippen LogP contribution is -2.42. The number of halogens is 6. The van der Waals surface area contributed by atoms with E-state index in [0.717, 1.165) is 0 Å². The van der Waals surface area contributed by atoms with Gasteiger partial charge in [-0.05, 0) is 0 Å². The molecular formula is C9H6F6N4O3. The van der Waals surface area contributed by atoms with Crippen LogP contribution < -0.4 is 0 Å². The summed E-state index contributed by atoms with van der Waals surface area (Å²) in [5.74, 6) is -4.27. The number of hydrogen-bond donors (Lipinski definition) is 0. The fourth-order valence-corrected chi connectivity index (χ4v) is 1.72. The van der Waals surface area contributed by atoms with Crippen LogP contribution in [0.15, 0.2) is 0 Å². The Morgan fingerprint density at radius 3 is 2.23 bits per heavy atom. The Labute approximate surface area is 117 Å². The van der Waals surface area contributed by atoms with Gasteiger partial charge in [0.1, 0.15) is 0 Å². The molecule has 1 aliphatic heterocycles. The molecule has 1 aliphatic rings. The zero-order chi connectivity index (χ0) is 16.7. The lowest BCUT2D eigenvalue weighted by molar-refractivity contribution is -0.193. The summed E-state index contributed by atoms with van der Waals surface area (Å²) >= 11 is 0. The number of esters is 1. The predicted molar refractivity (Wildman–Crippen MR) is 53.0 cm³/mol. The SMILES string of the molecule is O=C(OC(=O)C(F)(F)F)N1CCn2c(nnc2C(F)(F)F)C1. The lowest BCUT2D eigenvalue weighted by atomic mass is 10.3. The zero-order valence-electron chi connectivity index (χ0n) is 10.4. The van der Waals surface area contributed by atoms with Crippen LogP contribution in [-0.4, -0.2) is 44.4 Å². The van der Waals surface area contributed by atoms with E-state index < -0.39 is 49.9 Å². The minimum Gasteiger partial charge on any atom is -0.369 e. The van der Waals surface area contributed by atoms with Crippen molar-refractivity contribution in [3.05, 3.63) is 11.6 Å². The average molecular weight is 332 g/mol. The van der Waals surface area contributed by atoms with E-state index in [1.165, 1.54) is 0 Å². The fourth-order valence-electron chi connectivity index (χ4n) is 1.72. The van der Waals surface area contributed by atoms with Gasteiger partial charge in [0.15, 0.2) is 5.82 Å². The number of fused-ring (bicyclic) bond motifs is 1. The Balaban J connectivity index is 2.09. The highest BCUT2D eigenvalue weighted by Crippen LogP contribution is 2.29. The van der Waals surface area contributed by atoms with Gasteiger partial charge in [0, 0.05) is 13.1 Å². The van der Waals surface area contributed by atoms with Crippen molar-refractivity contribution in [3.63, 3.8) is 0 Å². The molecule has 2 rings (SSSR count). The van der Waals surface area contributed by atoms with Crippen LogP contribution in [0.25, 0.3) is 0 Å². The number of ether oxygens (including phenoxy) is 1. The fraction of sp³-hybridized carbons (Fsp3) is 0.556. The standard InChI is InChI=1S/C9H6F6N4O3/c10-8(11,12)5-17-16-4-3-18(1-2-19(4)5)7(21)22-6(20)9(13,14)15/h1-3H2. The number of carbonyl (C=O) groups is 2. The molecule has 7 nitrogen and oxygen atoms in total. The van der Waals surface area contributed by atoms with Gasteiger partial charge in [-0.3, -0.25) is 4.90 Å². The maximum absolute atomic E-state index is 12.6. The molecule has 0 bridgehead atoms. The molecule has 0 saturated carbocycles. The summed E-state index contributed by atoms with van der Waals surface area (Å²) in [6.07, 6.45) is -11.7. The number of carbonyl (C=O) groups excluding carboxylic acids is 2. The molecule has 0 radical (unpaired) electrons. The van der Waals surface area contributed by atoms with Gasteiger partial charge in [0.25, 0.3) is 0 Å². The van der Waals surface area contributed by atoms with E-state index in [2.05, 4.69) is 14.9 Å². The first kappa shape index (κ1) is 16.0. The Morgan fingerprint density at radius 1 is 1.05 bits per heavy atom. The van der Waals surface area contributed by atoms with Crippen LogP contribution in [0.4, 0.5) is 31.1 Å². The first-order valence-electron chi connectivity index (χ1n) is 5.57. The van der Waals surface area contributed by atoms with Gasteiger partial charge in [-0.15, -0.1) is 10.2 Å². The van der Waals surface area contributed by atoms with Crippen molar-refractivity contribution in [2.24, 2.45) is 0 Å². The summed E-state index contributed by atoms with van der Waals surface area (Å²) < 4.78 is 77.8. The molecule has 0 saturated heterocycles. The molecule has 1 aromatic heterocycles. The highest BCUT2D eigenvalue weighted by atomic mass is 19.4. The quantitative estimate of drug-likeness (QED) is 0.407. The van der Waals surface area contributed by atoms with Crippen LogP contribution in [0.3, 0.4) is 0 Å². The Kier molecular flexibility index (Phi) is 3.74. The Hall–Kier alpha value is -2.34. The van der Waals surface area contributed by atoms with Gasteiger partial charge >= 0.3 is 24.4 Å². The van der Waals surface area contributed by atoms with Crippen molar-refractivity contribution in [2.45, 2.75) is 25.4 Å². The lowest BCUT2D eigenvalue weighted by Gasteiger charge is -2.26. The third-order valence-corrected chi connectivity index (χ3v) is 2.68. The molecule has 22 heavy (non-hydrogen) atoms. The Bertz CT molecular complexity index is 607. The summed E-state index contributed by atoms with van der Waals surface area (Å²) in [5.41, 5.74) is 0. The summed E-state index contributed by atoms with van der Waals surface area (Å²) in [7, 11) is 0. The van der Waals surface area contributed by atoms with Crippen LogP contribution in [-0.2, 0) is 28.8 Å². The van der Waals surface area contributed by atoms with Crippen LogP contribution in [0.1, 0.15) is 11.6 Å². The van der Waals surface area contributed by atoms with E-state index in [1.54, 1.807) is 0 Å². The van der Waals surface area contributed by atoms with Crippen molar-refractivity contribution in [1.29, 1.82) is 0 Å². The smallest absolute Gasteiger partial charge is 0.369 e. The molecule has 0 aromatic carbocycles. The second-order valence-electron chi connectivity index (χ2n) is 4.16. The molecule has 0 atom stereocenters. The molecule has 2 heterocycles. The summed E-state index contributed by atoms with van der Waals surface area (Å²) in [6.45, 7) is -1.35. The minimum atomic E-state index is -5.35. The topological polar surface area (TPSA) is 77.3 Å². The van der Waals surface area contributed by atoms with Gasteiger partial charge in [-0.2, -0.15) is 26.3 Å². The van der Waals surface area contributed by atoms with Crippen molar-refractivity contribution in [2.75, 3.05) is 6.54 Å². The van der Waals surface area contributed by atoms with Crippen molar-refractivity contribution >= 4 is 12.1 Å². The van der Waals surface area contributed by atoms with Gasteiger partial charge < -0.3 is 9.30 Å². The van der Waals surface area contributed by atoms with E-state index in [0.29, 0.717) is 9.47 Å². The number of amides is 1. The van der Waals surface area contributed by atoms with Crippen molar-refractivity contribution in [1.82, 2.24) is 19.7 Å². The molecule has 1 aromatic rings. The number of rotatable bonds is 0. The Morgan fingerprint density at radius 2 is 1.68 bits per heavy atom. The van der Waals surface area contributed by atoms with Gasteiger partial charge in [0.05, 0.1) is 6.54 Å². The first-order chi connectivity index (χ1) is 10.00. The van der Waals surface area contributed by atoms with E-state index >= 15 is 0 Å². The largest absolute Gasteiger partial charge is 0.491 e. The maximum atomic E-state index is 12.6. The number of aromatic nitrogens is 3.